The monoisotopic (exact) mass is 483 g/mol. The number of ether oxygens (including phenoxy) is 2. The molecule has 27 heavy (non-hydrogen) atoms. The number of benzene rings is 3. The molecule has 0 saturated carbocycles. The van der Waals surface area contributed by atoms with E-state index in [1.165, 1.54) is 0 Å². The van der Waals surface area contributed by atoms with Gasteiger partial charge in [0.2, 0.25) is 6.79 Å². The van der Waals surface area contributed by atoms with Crippen LogP contribution in [0.3, 0.4) is 0 Å². The Morgan fingerprint density at radius 3 is 2.56 bits per heavy atom. The molecule has 3 aromatic rings. The van der Waals surface area contributed by atoms with Gasteiger partial charge < -0.3 is 9.47 Å². The molecule has 0 N–H and O–H groups in total. The summed E-state index contributed by atoms with van der Waals surface area (Å²) in [5.41, 5.74) is 4.76. The number of hydrogen-bond acceptors (Lipinski definition) is 4. The highest BCUT2D eigenvalue weighted by Crippen LogP contribution is 2.45. The third kappa shape index (κ3) is 2.80. The Hall–Kier alpha value is -2.44. The first kappa shape index (κ1) is 16.7. The van der Waals surface area contributed by atoms with Crippen LogP contribution in [0.25, 0.3) is 11.1 Å². The highest BCUT2D eigenvalue weighted by atomic mass is 79.9. The lowest BCUT2D eigenvalue weighted by atomic mass is 10.0. The van der Waals surface area contributed by atoms with Crippen molar-refractivity contribution < 1.29 is 14.3 Å². The minimum Gasteiger partial charge on any atom is -0.454 e. The standard InChI is InChI=1S/C21H11Br2NO3/c22-12-2-3-14-15(6-12)21(25)16-7-13(23)8-17(20(14)16)24-9-11-1-4-18-19(5-11)27-10-26-18/h1-9H,10H2. The number of halogens is 2. The first-order valence-corrected chi connectivity index (χ1v) is 9.80. The van der Waals surface area contributed by atoms with Gasteiger partial charge in [-0.05, 0) is 53.6 Å². The zero-order valence-electron chi connectivity index (χ0n) is 13.8. The minimum absolute atomic E-state index is 0.0159. The second-order valence-corrected chi connectivity index (χ2v) is 8.07. The van der Waals surface area contributed by atoms with Crippen LogP contribution in [0.15, 0.2) is 62.5 Å². The van der Waals surface area contributed by atoms with E-state index in [9.17, 15) is 4.79 Å². The first-order valence-electron chi connectivity index (χ1n) is 8.22. The molecule has 0 atom stereocenters. The lowest BCUT2D eigenvalue weighted by Crippen LogP contribution is -1.95. The van der Waals surface area contributed by atoms with E-state index in [1.54, 1.807) is 6.21 Å². The van der Waals surface area contributed by atoms with Gasteiger partial charge in [-0.15, -0.1) is 0 Å². The van der Waals surface area contributed by atoms with E-state index in [0.717, 1.165) is 37.1 Å². The largest absolute Gasteiger partial charge is 0.454 e. The number of ketones is 1. The van der Waals surface area contributed by atoms with Crippen molar-refractivity contribution in [2.75, 3.05) is 6.79 Å². The van der Waals surface area contributed by atoms with E-state index in [2.05, 4.69) is 36.9 Å². The Labute approximate surface area is 172 Å². The summed E-state index contributed by atoms with van der Waals surface area (Å²) >= 11 is 6.94. The van der Waals surface area contributed by atoms with E-state index in [1.807, 2.05) is 48.5 Å². The molecule has 132 valence electrons. The summed E-state index contributed by atoms with van der Waals surface area (Å²) in [7, 11) is 0. The Morgan fingerprint density at radius 1 is 0.852 bits per heavy atom. The molecule has 1 aliphatic heterocycles. The predicted molar refractivity (Wildman–Crippen MR) is 111 cm³/mol. The van der Waals surface area contributed by atoms with E-state index >= 15 is 0 Å². The number of aliphatic imine (C=N–C) groups is 1. The summed E-state index contributed by atoms with van der Waals surface area (Å²) < 4.78 is 12.5. The lowest BCUT2D eigenvalue weighted by molar-refractivity contribution is 0.104. The summed E-state index contributed by atoms with van der Waals surface area (Å²) in [6, 6.07) is 15.2. The molecule has 5 rings (SSSR count). The zero-order valence-corrected chi connectivity index (χ0v) is 17.0. The zero-order chi connectivity index (χ0) is 18.5. The first-order chi connectivity index (χ1) is 13.1. The second kappa shape index (κ2) is 6.32. The Balaban J connectivity index is 1.61. The number of rotatable bonds is 2. The average molecular weight is 485 g/mol. The molecule has 1 heterocycles. The fourth-order valence-corrected chi connectivity index (χ4v) is 4.17. The van der Waals surface area contributed by atoms with Gasteiger partial charge >= 0.3 is 0 Å². The molecule has 0 radical (unpaired) electrons. The number of carbonyl (C=O) groups excluding carboxylic acids is 1. The third-order valence-corrected chi connectivity index (χ3v) is 5.52. The van der Waals surface area contributed by atoms with Crippen molar-refractivity contribution in [3.8, 4) is 22.6 Å². The van der Waals surface area contributed by atoms with Crippen LogP contribution in [-0.2, 0) is 0 Å². The molecular weight excluding hydrogens is 474 g/mol. The van der Waals surface area contributed by atoms with E-state index in [-0.39, 0.29) is 12.6 Å². The van der Waals surface area contributed by atoms with Crippen molar-refractivity contribution in [3.63, 3.8) is 0 Å². The summed E-state index contributed by atoms with van der Waals surface area (Å²) in [6.07, 6.45) is 1.77. The molecule has 6 heteroatoms. The van der Waals surface area contributed by atoms with E-state index < -0.39 is 0 Å². The van der Waals surface area contributed by atoms with Crippen LogP contribution >= 0.6 is 31.9 Å². The lowest BCUT2D eigenvalue weighted by Gasteiger charge is -2.06. The van der Waals surface area contributed by atoms with Gasteiger partial charge in [-0.1, -0.05) is 37.9 Å². The SMILES string of the molecule is O=C1c2cc(Br)ccc2-c2c(N=Cc3ccc4c(c3)OCO4)cc(Br)cc21. The van der Waals surface area contributed by atoms with Crippen LogP contribution in [0, 0.1) is 0 Å². The van der Waals surface area contributed by atoms with Crippen molar-refractivity contribution in [2.45, 2.75) is 0 Å². The average Bonchev–Trinajstić information content (AvgIpc) is 3.23. The van der Waals surface area contributed by atoms with Crippen molar-refractivity contribution in [3.05, 3.63) is 74.2 Å². The Bertz CT molecular complexity index is 1150. The fourth-order valence-electron chi connectivity index (χ4n) is 3.36. The van der Waals surface area contributed by atoms with Gasteiger partial charge in [-0.3, -0.25) is 9.79 Å². The molecular formula is C21H11Br2NO3. The van der Waals surface area contributed by atoms with Gasteiger partial charge in [0, 0.05) is 31.9 Å². The topological polar surface area (TPSA) is 47.9 Å². The highest BCUT2D eigenvalue weighted by Gasteiger charge is 2.29. The van der Waals surface area contributed by atoms with Crippen LogP contribution in [0.1, 0.15) is 21.5 Å². The summed E-state index contributed by atoms with van der Waals surface area (Å²) in [5.74, 6) is 1.46. The van der Waals surface area contributed by atoms with Gasteiger partial charge in [0.1, 0.15) is 0 Å². The minimum atomic E-state index is 0.0159. The molecule has 0 bridgehead atoms. The maximum atomic E-state index is 12.8. The molecule has 0 unspecified atom stereocenters. The Morgan fingerprint density at radius 2 is 1.67 bits per heavy atom. The molecule has 3 aromatic carbocycles. The maximum Gasteiger partial charge on any atom is 0.231 e. The molecule has 0 saturated heterocycles. The van der Waals surface area contributed by atoms with Gasteiger partial charge in [-0.2, -0.15) is 0 Å². The number of hydrogen-bond donors (Lipinski definition) is 0. The number of carbonyl (C=O) groups is 1. The smallest absolute Gasteiger partial charge is 0.231 e. The molecule has 4 nitrogen and oxygen atoms in total. The van der Waals surface area contributed by atoms with Gasteiger partial charge in [0.25, 0.3) is 0 Å². The van der Waals surface area contributed by atoms with Crippen LogP contribution in [0.5, 0.6) is 11.5 Å². The molecule has 2 aliphatic rings. The fraction of sp³-hybridized carbons (Fsp3) is 0.0476. The van der Waals surface area contributed by atoms with Crippen LogP contribution < -0.4 is 9.47 Å². The summed E-state index contributed by atoms with van der Waals surface area (Å²) in [5, 5.41) is 0. The molecule has 1 aliphatic carbocycles. The highest BCUT2D eigenvalue weighted by molar-refractivity contribution is 9.10. The molecule has 0 fully saturated rings. The predicted octanol–water partition coefficient (Wildman–Crippen LogP) is 5.90. The van der Waals surface area contributed by atoms with Crippen molar-refractivity contribution in [1.29, 1.82) is 0 Å². The van der Waals surface area contributed by atoms with Crippen LogP contribution in [-0.4, -0.2) is 18.8 Å². The van der Waals surface area contributed by atoms with Gasteiger partial charge in [0.05, 0.1) is 5.69 Å². The number of fused-ring (bicyclic) bond motifs is 4. The van der Waals surface area contributed by atoms with E-state index in [4.69, 9.17) is 9.47 Å². The van der Waals surface area contributed by atoms with Crippen LogP contribution in [0.4, 0.5) is 5.69 Å². The maximum absolute atomic E-state index is 12.8. The van der Waals surface area contributed by atoms with Crippen molar-refractivity contribution in [2.24, 2.45) is 4.99 Å². The normalized spacial score (nSPS) is 13.9. The van der Waals surface area contributed by atoms with Crippen molar-refractivity contribution >= 4 is 49.5 Å². The van der Waals surface area contributed by atoms with E-state index in [0.29, 0.717) is 16.9 Å². The summed E-state index contributed by atoms with van der Waals surface area (Å²) in [4.78, 5) is 17.5. The van der Waals surface area contributed by atoms with Gasteiger partial charge in [0.15, 0.2) is 17.3 Å². The van der Waals surface area contributed by atoms with Gasteiger partial charge in [-0.25, -0.2) is 0 Å². The molecule has 0 amide bonds. The van der Waals surface area contributed by atoms with Crippen molar-refractivity contribution in [1.82, 2.24) is 0 Å². The second-order valence-electron chi connectivity index (χ2n) is 6.24. The summed E-state index contributed by atoms with van der Waals surface area (Å²) in [6.45, 7) is 0.240. The Kier molecular flexibility index (Phi) is 3.91. The quantitative estimate of drug-likeness (QED) is 0.332. The molecule has 0 aromatic heterocycles. The van der Waals surface area contributed by atoms with Crippen LogP contribution in [0.2, 0.25) is 0 Å². The number of nitrogens with zero attached hydrogens (tertiary/aromatic N) is 1. The molecule has 0 spiro atoms. The third-order valence-electron chi connectivity index (χ3n) is 4.57.